The molecular formula is C22H31N9. The Morgan fingerprint density at radius 1 is 1.06 bits per heavy atom. The van der Waals surface area contributed by atoms with Gasteiger partial charge in [-0.3, -0.25) is 0 Å². The van der Waals surface area contributed by atoms with Crippen LogP contribution in [-0.2, 0) is 0 Å². The summed E-state index contributed by atoms with van der Waals surface area (Å²) >= 11 is 0. The number of aryl methyl sites for hydroxylation is 1. The van der Waals surface area contributed by atoms with Crippen LogP contribution in [0.15, 0.2) is 24.4 Å². The Morgan fingerprint density at radius 3 is 2.42 bits per heavy atom. The molecule has 5 rings (SSSR count). The summed E-state index contributed by atoms with van der Waals surface area (Å²) in [5, 5.41) is 7.29. The number of nitrogens with one attached hydrogen (secondary N) is 1. The van der Waals surface area contributed by atoms with E-state index in [4.69, 9.17) is 10.7 Å². The van der Waals surface area contributed by atoms with Crippen LogP contribution in [-0.4, -0.2) is 61.2 Å². The second-order valence-electron chi connectivity index (χ2n) is 8.27. The van der Waals surface area contributed by atoms with Gasteiger partial charge in [-0.05, 0) is 71.9 Å². The minimum Gasteiger partial charge on any atom is -0.382 e. The molecule has 31 heavy (non-hydrogen) atoms. The summed E-state index contributed by atoms with van der Waals surface area (Å²) in [4.78, 5) is 16.1. The van der Waals surface area contributed by atoms with Crippen molar-refractivity contribution in [3.8, 4) is 11.3 Å². The zero-order valence-corrected chi connectivity index (χ0v) is 18.9. The Kier molecular flexibility index (Phi) is 5.77. The van der Waals surface area contributed by atoms with Gasteiger partial charge in [0.2, 0.25) is 5.95 Å². The lowest BCUT2D eigenvalue weighted by Crippen LogP contribution is -2.10. The van der Waals surface area contributed by atoms with Crippen LogP contribution in [0, 0.1) is 6.92 Å². The lowest BCUT2D eigenvalue weighted by atomic mass is 10.2. The van der Waals surface area contributed by atoms with E-state index >= 15 is 0 Å². The molecule has 1 aliphatic rings. The van der Waals surface area contributed by atoms with E-state index in [2.05, 4.69) is 50.7 Å². The van der Waals surface area contributed by atoms with Gasteiger partial charge in [0.05, 0.1) is 5.69 Å². The van der Waals surface area contributed by atoms with E-state index in [1.807, 2.05) is 31.3 Å². The second-order valence-corrected chi connectivity index (χ2v) is 8.27. The topological polar surface area (TPSA) is 102 Å². The number of hydrogen-bond donors (Lipinski definition) is 2. The molecule has 0 aliphatic carbocycles. The van der Waals surface area contributed by atoms with Gasteiger partial charge in [0.15, 0.2) is 11.5 Å². The highest BCUT2D eigenvalue weighted by Crippen LogP contribution is 2.29. The van der Waals surface area contributed by atoms with Crippen molar-refractivity contribution in [1.29, 1.82) is 0 Å². The van der Waals surface area contributed by atoms with Gasteiger partial charge in [-0.1, -0.05) is 0 Å². The molecule has 4 aromatic rings. The van der Waals surface area contributed by atoms with E-state index in [-0.39, 0.29) is 6.04 Å². The Hall–Kier alpha value is -3.20. The van der Waals surface area contributed by atoms with E-state index in [0.29, 0.717) is 11.8 Å². The third-order valence-electron chi connectivity index (χ3n) is 5.60. The average Bonchev–Trinajstić information content (AvgIpc) is 3.45. The smallest absolute Gasteiger partial charge is 0.242 e. The SMILES string of the molecule is CN1CCCC1.CNc1nc(N)c2c(-c3ccc4nc(C)n(C(C)C)c4n3)ccn2n1. The number of nitrogens with zero attached hydrogens (tertiary/aromatic N) is 7. The van der Waals surface area contributed by atoms with Gasteiger partial charge in [0, 0.05) is 24.8 Å². The van der Waals surface area contributed by atoms with Crippen LogP contribution in [0.1, 0.15) is 38.6 Å². The number of anilines is 2. The van der Waals surface area contributed by atoms with Crippen molar-refractivity contribution >= 4 is 28.4 Å². The number of nitrogens with two attached hydrogens (primary N) is 1. The lowest BCUT2D eigenvalue weighted by molar-refractivity contribution is 0.418. The molecule has 0 aromatic carbocycles. The van der Waals surface area contributed by atoms with Crippen molar-refractivity contribution in [2.24, 2.45) is 0 Å². The first-order valence-corrected chi connectivity index (χ1v) is 10.8. The highest BCUT2D eigenvalue weighted by molar-refractivity contribution is 5.88. The largest absolute Gasteiger partial charge is 0.382 e. The third-order valence-corrected chi connectivity index (χ3v) is 5.60. The number of aromatic nitrogens is 6. The van der Waals surface area contributed by atoms with Crippen LogP contribution in [0.3, 0.4) is 0 Å². The fraction of sp³-hybridized carbons (Fsp3) is 0.455. The maximum Gasteiger partial charge on any atom is 0.242 e. The fourth-order valence-electron chi connectivity index (χ4n) is 4.10. The van der Waals surface area contributed by atoms with Crippen molar-refractivity contribution in [2.45, 2.75) is 39.7 Å². The molecule has 9 nitrogen and oxygen atoms in total. The molecule has 3 N–H and O–H groups in total. The molecule has 0 atom stereocenters. The van der Waals surface area contributed by atoms with Crippen molar-refractivity contribution in [3.05, 3.63) is 30.2 Å². The lowest BCUT2D eigenvalue weighted by Gasteiger charge is -2.10. The fourth-order valence-corrected chi connectivity index (χ4v) is 4.10. The summed E-state index contributed by atoms with van der Waals surface area (Å²) in [6.07, 6.45) is 4.69. The number of pyridine rings is 1. The molecule has 0 spiro atoms. The average molecular weight is 422 g/mol. The van der Waals surface area contributed by atoms with Crippen LogP contribution >= 0.6 is 0 Å². The second kappa shape index (κ2) is 8.50. The standard InChI is InChI=1S/C17H20N8.C5H11N/c1-9(2)25-10(3)20-13-6-5-12(21-16(13)25)11-7-8-24-14(11)15(18)22-17(19-4)23-24;1-6-4-2-3-5-6/h5-9H,1-4H3,(H3,18,19,22,23);2-5H2,1H3. The number of nitrogen functional groups attached to an aromatic ring is 1. The molecule has 5 heterocycles. The van der Waals surface area contributed by atoms with Gasteiger partial charge in [0.1, 0.15) is 16.9 Å². The van der Waals surface area contributed by atoms with E-state index < -0.39 is 0 Å². The van der Waals surface area contributed by atoms with E-state index in [1.165, 1.54) is 25.9 Å². The van der Waals surface area contributed by atoms with Gasteiger partial charge in [0.25, 0.3) is 0 Å². The molecule has 0 unspecified atom stereocenters. The van der Waals surface area contributed by atoms with Crippen molar-refractivity contribution in [2.75, 3.05) is 38.2 Å². The minimum absolute atomic E-state index is 0.283. The Balaban J connectivity index is 0.000000334. The molecule has 0 saturated carbocycles. The minimum atomic E-state index is 0.283. The van der Waals surface area contributed by atoms with Gasteiger partial charge < -0.3 is 20.5 Å². The van der Waals surface area contributed by atoms with Crippen LogP contribution in [0.25, 0.3) is 27.9 Å². The first-order chi connectivity index (χ1) is 14.9. The Labute approximate surface area is 182 Å². The molecule has 164 valence electrons. The van der Waals surface area contributed by atoms with Crippen LogP contribution in [0.2, 0.25) is 0 Å². The quantitative estimate of drug-likeness (QED) is 0.523. The Morgan fingerprint density at radius 2 is 1.81 bits per heavy atom. The predicted octanol–water partition coefficient (Wildman–Crippen LogP) is 3.37. The molecule has 0 amide bonds. The first-order valence-electron chi connectivity index (χ1n) is 10.8. The monoisotopic (exact) mass is 421 g/mol. The summed E-state index contributed by atoms with van der Waals surface area (Å²) in [6, 6.07) is 6.19. The van der Waals surface area contributed by atoms with E-state index in [1.54, 1.807) is 11.6 Å². The molecule has 1 fully saturated rings. The summed E-state index contributed by atoms with van der Waals surface area (Å²) in [5.41, 5.74) is 10.4. The van der Waals surface area contributed by atoms with E-state index in [9.17, 15) is 0 Å². The van der Waals surface area contributed by atoms with E-state index in [0.717, 1.165) is 33.8 Å². The number of fused-ring (bicyclic) bond motifs is 2. The molecule has 9 heteroatoms. The molecule has 0 bridgehead atoms. The normalized spacial score (nSPS) is 14.4. The molecular weight excluding hydrogens is 390 g/mol. The number of likely N-dealkylation sites (tertiary alicyclic amines) is 1. The molecule has 0 radical (unpaired) electrons. The molecule has 1 aliphatic heterocycles. The maximum atomic E-state index is 6.15. The van der Waals surface area contributed by atoms with Crippen molar-refractivity contribution in [3.63, 3.8) is 0 Å². The first kappa shape index (κ1) is 21.0. The molecule has 1 saturated heterocycles. The summed E-state index contributed by atoms with van der Waals surface area (Å²) < 4.78 is 3.86. The van der Waals surface area contributed by atoms with Crippen LogP contribution in [0.4, 0.5) is 11.8 Å². The van der Waals surface area contributed by atoms with Gasteiger partial charge in [-0.2, -0.15) is 4.98 Å². The zero-order chi connectivity index (χ0) is 22.1. The van der Waals surface area contributed by atoms with Crippen LogP contribution < -0.4 is 11.1 Å². The maximum absolute atomic E-state index is 6.15. The number of hydrogen-bond acceptors (Lipinski definition) is 7. The van der Waals surface area contributed by atoms with Crippen molar-refractivity contribution in [1.82, 2.24) is 34.0 Å². The Bertz CT molecular complexity index is 1200. The molecule has 4 aromatic heterocycles. The van der Waals surface area contributed by atoms with Crippen molar-refractivity contribution < 1.29 is 0 Å². The van der Waals surface area contributed by atoms with Gasteiger partial charge >= 0.3 is 0 Å². The number of rotatable bonds is 3. The van der Waals surface area contributed by atoms with Gasteiger partial charge in [-0.25, -0.2) is 14.5 Å². The number of imidazole rings is 1. The highest BCUT2D eigenvalue weighted by atomic mass is 15.3. The summed E-state index contributed by atoms with van der Waals surface area (Å²) in [7, 11) is 3.93. The third kappa shape index (κ3) is 4.05. The highest BCUT2D eigenvalue weighted by Gasteiger charge is 2.16. The van der Waals surface area contributed by atoms with Crippen LogP contribution in [0.5, 0.6) is 0 Å². The summed E-state index contributed by atoms with van der Waals surface area (Å²) in [5.74, 6) is 1.84. The summed E-state index contributed by atoms with van der Waals surface area (Å²) in [6.45, 7) is 8.89. The zero-order valence-electron chi connectivity index (χ0n) is 18.9. The predicted molar refractivity (Wildman–Crippen MR) is 125 cm³/mol. The van der Waals surface area contributed by atoms with Gasteiger partial charge in [-0.15, -0.1) is 5.10 Å².